The molecule has 0 fully saturated rings. The Morgan fingerprint density at radius 3 is 2.31 bits per heavy atom. The van der Waals surface area contributed by atoms with Crippen LogP contribution in [-0.4, -0.2) is 40.3 Å². The van der Waals surface area contributed by atoms with E-state index >= 15 is 0 Å². The van der Waals surface area contributed by atoms with E-state index in [1.807, 2.05) is 30.3 Å². The Balaban J connectivity index is 1.67. The van der Waals surface area contributed by atoms with E-state index in [4.69, 9.17) is 9.47 Å². The quantitative estimate of drug-likeness (QED) is 0.412. The predicted octanol–water partition coefficient (Wildman–Crippen LogP) is 3.04. The van der Waals surface area contributed by atoms with E-state index in [-0.39, 0.29) is 0 Å². The molecule has 0 amide bonds. The molecular formula is C21H29N3O2. The smallest absolute Gasteiger partial charge is 0.190 e. The average Bonchev–Trinajstić information content (AvgIpc) is 2.70. The summed E-state index contributed by atoms with van der Waals surface area (Å²) in [5.41, 5.74) is 2.50. The molecule has 2 rings (SSSR count). The zero-order chi connectivity index (χ0) is 18.6. The zero-order valence-electron chi connectivity index (χ0n) is 15.9. The third kappa shape index (κ3) is 6.31. The van der Waals surface area contributed by atoms with Crippen molar-refractivity contribution >= 4 is 5.96 Å². The highest BCUT2D eigenvalue weighted by Gasteiger charge is 2.02. The third-order valence-corrected chi connectivity index (χ3v) is 4.20. The van der Waals surface area contributed by atoms with Crippen LogP contribution in [0.2, 0.25) is 0 Å². The topological polar surface area (TPSA) is 54.9 Å². The van der Waals surface area contributed by atoms with Gasteiger partial charge >= 0.3 is 0 Å². The molecule has 2 aromatic carbocycles. The number of nitrogens with one attached hydrogen (secondary N) is 2. The molecule has 0 unspecified atom stereocenters. The fourth-order valence-corrected chi connectivity index (χ4v) is 2.74. The van der Waals surface area contributed by atoms with Gasteiger partial charge in [0.1, 0.15) is 11.5 Å². The van der Waals surface area contributed by atoms with Gasteiger partial charge in [-0.25, -0.2) is 0 Å². The van der Waals surface area contributed by atoms with E-state index < -0.39 is 0 Å². The van der Waals surface area contributed by atoms with Crippen molar-refractivity contribution in [3.05, 3.63) is 59.7 Å². The fraction of sp³-hybridized carbons (Fsp3) is 0.381. The first-order chi connectivity index (χ1) is 12.8. The van der Waals surface area contributed by atoms with E-state index in [9.17, 15) is 0 Å². The van der Waals surface area contributed by atoms with Crippen LogP contribution < -0.4 is 20.1 Å². The van der Waals surface area contributed by atoms with E-state index in [2.05, 4.69) is 33.8 Å². The van der Waals surface area contributed by atoms with Crippen LogP contribution in [0.15, 0.2) is 53.5 Å². The van der Waals surface area contributed by atoms with Crippen molar-refractivity contribution in [2.45, 2.75) is 19.3 Å². The van der Waals surface area contributed by atoms with Gasteiger partial charge in [0.2, 0.25) is 0 Å². The first kappa shape index (κ1) is 19.6. The number of hydrogen-bond acceptors (Lipinski definition) is 3. The van der Waals surface area contributed by atoms with Gasteiger partial charge < -0.3 is 20.1 Å². The van der Waals surface area contributed by atoms with Gasteiger partial charge in [-0.15, -0.1) is 0 Å². The van der Waals surface area contributed by atoms with Crippen molar-refractivity contribution in [2.75, 3.05) is 34.4 Å². The maximum atomic E-state index is 5.38. The molecule has 0 radical (unpaired) electrons. The second-order valence-electron chi connectivity index (χ2n) is 5.94. The number of hydrogen-bond donors (Lipinski definition) is 2. The molecule has 26 heavy (non-hydrogen) atoms. The maximum absolute atomic E-state index is 5.38. The number of aliphatic imine (C=N–C) groups is 1. The molecule has 0 aliphatic heterocycles. The standard InChI is InChI=1S/C21H29N3O2/c1-22-21(24-16-14-18-8-4-5-9-20(18)26-3)23-15-6-7-17-10-12-19(25-2)13-11-17/h4-5,8-13H,6-7,14-16H2,1-3H3,(H2,22,23,24). The highest BCUT2D eigenvalue weighted by atomic mass is 16.5. The first-order valence-corrected chi connectivity index (χ1v) is 8.96. The number of rotatable bonds is 9. The summed E-state index contributed by atoms with van der Waals surface area (Å²) in [5, 5.41) is 6.71. The molecular weight excluding hydrogens is 326 g/mol. The van der Waals surface area contributed by atoms with Crippen LogP contribution in [0.1, 0.15) is 17.5 Å². The number of methoxy groups -OCH3 is 2. The lowest BCUT2D eigenvalue weighted by Gasteiger charge is -2.13. The van der Waals surface area contributed by atoms with Crippen molar-refractivity contribution in [1.29, 1.82) is 0 Å². The molecule has 2 N–H and O–H groups in total. The van der Waals surface area contributed by atoms with Crippen molar-refractivity contribution in [3.8, 4) is 11.5 Å². The minimum Gasteiger partial charge on any atom is -0.497 e. The first-order valence-electron chi connectivity index (χ1n) is 8.96. The summed E-state index contributed by atoms with van der Waals surface area (Å²) < 4.78 is 10.6. The summed E-state index contributed by atoms with van der Waals surface area (Å²) in [4.78, 5) is 4.28. The van der Waals surface area contributed by atoms with Gasteiger partial charge in [-0.05, 0) is 48.6 Å². The van der Waals surface area contributed by atoms with Crippen molar-refractivity contribution in [1.82, 2.24) is 10.6 Å². The summed E-state index contributed by atoms with van der Waals surface area (Å²) >= 11 is 0. The lowest BCUT2D eigenvalue weighted by Crippen LogP contribution is -2.38. The van der Waals surface area contributed by atoms with E-state index in [0.717, 1.165) is 49.8 Å². The Bertz CT molecular complexity index is 684. The number of para-hydroxylation sites is 1. The van der Waals surface area contributed by atoms with E-state index in [0.29, 0.717) is 0 Å². The summed E-state index contributed by atoms with van der Waals surface area (Å²) in [6, 6.07) is 16.3. The number of ether oxygens (including phenoxy) is 2. The van der Waals surface area contributed by atoms with Crippen molar-refractivity contribution < 1.29 is 9.47 Å². The van der Waals surface area contributed by atoms with Crippen LogP contribution in [0.4, 0.5) is 0 Å². The third-order valence-electron chi connectivity index (χ3n) is 4.20. The summed E-state index contributed by atoms with van der Waals surface area (Å²) in [6.45, 7) is 1.68. The normalized spacial score (nSPS) is 11.1. The number of benzene rings is 2. The molecule has 2 aromatic rings. The molecule has 0 aliphatic carbocycles. The minimum atomic E-state index is 0.804. The lowest BCUT2D eigenvalue weighted by atomic mass is 10.1. The monoisotopic (exact) mass is 355 g/mol. The molecule has 0 saturated heterocycles. The highest BCUT2D eigenvalue weighted by molar-refractivity contribution is 5.79. The molecule has 0 atom stereocenters. The summed E-state index contributed by atoms with van der Waals surface area (Å²) in [6.07, 6.45) is 2.95. The van der Waals surface area contributed by atoms with Crippen LogP contribution in [0.25, 0.3) is 0 Å². The molecule has 0 saturated carbocycles. The molecule has 0 aromatic heterocycles. The van der Waals surface area contributed by atoms with Gasteiger partial charge in [0.15, 0.2) is 5.96 Å². The summed E-state index contributed by atoms with van der Waals surface area (Å²) in [5.74, 6) is 2.65. The Morgan fingerprint density at radius 1 is 0.885 bits per heavy atom. The molecule has 0 spiro atoms. The Morgan fingerprint density at radius 2 is 1.62 bits per heavy atom. The van der Waals surface area contributed by atoms with Gasteiger partial charge in [0.05, 0.1) is 14.2 Å². The average molecular weight is 355 g/mol. The second kappa shape index (κ2) is 11.0. The number of aryl methyl sites for hydroxylation is 1. The minimum absolute atomic E-state index is 0.804. The number of nitrogens with zero attached hydrogens (tertiary/aromatic N) is 1. The van der Waals surface area contributed by atoms with Gasteiger partial charge in [-0.1, -0.05) is 30.3 Å². The zero-order valence-corrected chi connectivity index (χ0v) is 15.9. The van der Waals surface area contributed by atoms with E-state index in [1.54, 1.807) is 21.3 Å². The lowest BCUT2D eigenvalue weighted by molar-refractivity contribution is 0.409. The highest BCUT2D eigenvalue weighted by Crippen LogP contribution is 2.17. The van der Waals surface area contributed by atoms with Crippen LogP contribution in [0.5, 0.6) is 11.5 Å². The Labute approximate surface area is 156 Å². The van der Waals surface area contributed by atoms with Crippen LogP contribution >= 0.6 is 0 Å². The van der Waals surface area contributed by atoms with Gasteiger partial charge in [-0.2, -0.15) is 0 Å². The second-order valence-corrected chi connectivity index (χ2v) is 5.94. The van der Waals surface area contributed by atoms with Gasteiger partial charge in [0, 0.05) is 20.1 Å². The SMILES string of the molecule is CN=C(NCCCc1ccc(OC)cc1)NCCc1ccccc1OC. The van der Waals surface area contributed by atoms with Crippen molar-refractivity contribution in [3.63, 3.8) is 0 Å². The largest absolute Gasteiger partial charge is 0.497 e. The van der Waals surface area contributed by atoms with Crippen LogP contribution in [0, 0.1) is 0 Å². The number of guanidine groups is 1. The molecule has 5 heteroatoms. The van der Waals surface area contributed by atoms with Crippen LogP contribution in [0.3, 0.4) is 0 Å². The maximum Gasteiger partial charge on any atom is 0.190 e. The van der Waals surface area contributed by atoms with Crippen molar-refractivity contribution in [2.24, 2.45) is 4.99 Å². The Hall–Kier alpha value is -2.69. The van der Waals surface area contributed by atoms with Crippen LogP contribution in [-0.2, 0) is 12.8 Å². The van der Waals surface area contributed by atoms with E-state index in [1.165, 1.54) is 11.1 Å². The van der Waals surface area contributed by atoms with Gasteiger partial charge in [-0.3, -0.25) is 4.99 Å². The molecule has 140 valence electrons. The molecule has 0 heterocycles. The predicted molar refractivity (Wildman–Crippen MR) is 107 cm³/mol. The molecule has 0 aliphatic rings. The summed E-state index contributed by atoms with van der Waals surface area (Å²) in [7, 11) is 5.18. The molecule has 5 nitrogen and oxygen atoms in total. The van der Waals surface area contributed by atoms with Gasteiger partial charge in [0.25, 0.3) is 0 Å². The Kier molecular flexibility index (Phi) is 8.33. The fourth-order valence-electron chi connectivity index (χ4n) is 2.74. The molecule has 0 bridgehead atoms.